The van der Waals surface area contributed by atoms with Crippen LogP contribution in [0.25, 0.3) is 0 Å². The Hall–Kier alpha value is -2.50. The third-order valence-corrected chi connectivity index (χ3v) is 4.83. The fourth-order valence-electron chi connectivity index (χ4n) is 3.14. The molecule has 0 aliphatic rings. The minimum Gasteiger partial charge on any atom is -0.370 e. The van der Waals surface area contributed by atoms with Crippen LogP contribution in [0.4, 0.5) is 5.69 Å². The number of aryl methyl sites for hydroxylation is 3. The average Bonchev–Trinajstić information content (AvgIpc) is 2.87. The predicted molar refractivity (Wildman–Crippen MR) is 110 cm³/mol. The van der Waals surface area contributed by atoms with E-state index in [1.165, 1.54) is 22.5 Å². The quantitative estimate of drug-likeness (QED) is 0.591. The van der Waals surface area contributed by atoms with Crippen molar-refractivity contribution in [2.45, 2.75) is 34.2 Å². The number of aliphatic imine (C=N–C) groups is 1. The molecule has 0 bridgehead atoms. The second kappa shape index (κ2) is 9.27. The number of guanidine groups is 1. The Labute approximate surface area is 157 Å². The summed E-state index contributed by atoms with van der Waals surface area (Å²) >= 11 is 0. The Bertz CT molecular complexity index is 747. The van der Waals surface area contributed by atoms with Crippen LogP contribution in [0.15, 0.2) is 29.3 Å². The molecule has 6 nitrogen and oxygen atoms in total. The lowest BCUT2D eigenvalue weighted by atomic mass is 10.2. The van der Waals surface area contributed by atoms with Crippen molar-refractivity contribution in [3.63, 3.8) is 0 Å². The number of anilines is 1. The highest BCUT2D eigenvalue weighted by molar-refractivity contribution is 5.79. The lowest BCUT2D eigenvalue weighted by molar-refractivity contribution is 0.727. The van der Waals surface area contributed by atoms with Crippen LogP contribution >= 0.6 is 0 Å². The second-order valence-corrected chi connectivity index (χ2v) is 6.49. The number of rotatable bonds is 7. The van der Waals surface area contributed by atoms with E-state index in [0.29, 0.717) is 0 Å². The summed E-state index contributed by atoms with van der Waals surface area (Å²) in [6, 6.07) is 8.51. The number of nitrogens with one attached hydrogen (secondary N) is 2. The molecular formula is C20H32N6. The van der Waals surface area contributed by atoms with Gasteiger partial charge in [0, 0.05) is 57.2 Å². The molecule has 1 aromatic carbocycles. The molecule has 0 unspecified atom stereocenters. The number of benzene rings is 1. The van der Waals surface area contributed by atoms with Crippen LogP contribution in [-0.4, -0.2) is 42.4 Å². The molecule has 0 spiro atoms. The first-order valence-corrected chi connectivity index (χ1v) is 9.22. The number of hydrogen-bond acceptors (Lipinski definition) is 3. The van der Waals surface area contributed by atoms with E-state index in [1.807, 2.05) is 18.7 Å². The number of nitrogens with zero attached hydrogens (tertiary/aromatic N) is 4. The number of para-hydroxylation sites is 1. The van der Waals surface area contributed by atoms with Gasteiger partial charge in [-0.1, -0.05) is 18.2 Å². The van der Waals surface area contributed by atoms with Crippen molar-refractivity contribution in [2.75, 3.05) is 31.6 Å². The second-order valence-electron chi connectivity index (χ2n) is 6.49. The van der Waals surface area contributed by atoms with Crippen molar-refractivity contribution >= 4 is 11.6 Å². The fraction of sp³-hybridized carbons (Fsp3) is 0.500. The van der Waals surface area contributed by atoms with Gasteiger partial charge in [0.2, 0.25) is 0 Å². The van der Waals surface area contributed by atoms with Gasteiger partial charge in [-0.05, 0) is 39.3 Å². The van der Waals surface area contributed by atoms with Crippen LogP contribution in [0.2, 0.25) is 0 Å². The van der Waals surface area contributed by atoms with Crippen LogP contribution in [0.1, 0.15) is 29.4 Å². The topological polar surface area (TPSA) is 57.5 Å². The van der Waals surface area contributed by atoms with Crippen LogP contribution in [0, 0.1) is 20.8 Å². The third-order valence-electron chi connectivity index (χ3n) is 4.83. The highest BCUT2D eigenvalue weighted by atomic mass is 15.3. The highest BCUT2D eigenvalue weighted by Crippen LogP contribution is 2.18. The molecule has 0 aliphatic heterocycles. The summed E-state index contributed by atoms with van der Waals surface area (Å²) in [6.07, 6.45) is 0. The monoisotopic (exact) mass is 356 g/mol. The molecule has 2 rings (SSSR count). The van der Waals surface area contributed by atoms with E-state index in [0.717, 1.165) is 37.8 Å². The molecule has 26 heavy (non-hydrogen) atoms. The van der Waals surface area contributed by atoms with E-state index in [4.69, 9.17) is 0 Å². The first-order valence-electron chi connectivity index (χ1n) is 9.22. The van der Waals surface area contributed by atoms with Crippen molar-refractivity contribution in [3.05, 3.63) is 46.8 Å². The normalized spacial score (nSPS) is 11.5. The predicted octanol–water partition coefficient (Wildman–Crippen LogP) is 2.54. The summed E-state index contributed by atoms with van der Waals surface area (Å²) in [7, 11) is 3.78. The molecule has 1 aromatic heterocycles. The highest BCUT2D eigenvalue weighted by Gasteiger charge is 2.10. The van der Waals surface area contributed by atoms with Crippen molar-refractivity contribution in [1.29, 1.82) is 0 Å². The van der Waals surface area contributed by atoms with E-state index in [1.54, 1.807) is 7.05 Å². The molecule has 6 heteroatoms. The van der Waals surface area contributed by atoms with Gasteiger partial charge in [0.15, 0.2) is 5.96 Å². The average molecular weight is 357 g/mol. The van der Waals surface area contributed by atoms with Crippen LogP contribution in [-0.2, 0) is 13.6 Å². The van der Waals surface area contributed by atoms with E-state index in [-0.39, 0.29) is 0 Å². The largest absolute Gasteiger partial charge is 0.370 e. The van der Waals surface area contributed by atoms with Crippen molar-refractivity contribution in [3.8, 4) is 0 Å². The Morgan fingerprint density at radius 3 is 2.50 bits per heavy atom. The number of likely N-dealkylation sites (N-methyl/N-ethyl adjacent to an activating group) is 1. The van der Waals surface area contributed by atoms with Crippen molar-refractivity contribution in [2.24, 2.45) is 12.0 Å². The third kappa shape index (κ3) is 4.77. The zero-order valence-electron chi connectivity index (χ0n) is 16.9. The van der Waals surface area contributed by atoms with Gasteiger partial charge in [0.25, 0.3) is 0 Å². The molecule has 0 radical (unpaired) electrons. The van der Waals surface area contributed by atoms with Crippen molar-refractivity contribution in [1.82, 2.24) is 20.4 Å². The molecule has 0 fully saturated rings. The molecule has 1 heterocycles. The van der Waals surface area contributed by atoms with Crippen molar-refractivity contribution < 1.29 is 0 Å². The van der Waals surface area contributed by atoms with Gasteiger partial charge in [-0.2, -0.15) is 5.10 Å². The van der Waals surface area contributed by atoms with Gasteiger partial charge in [0.05, 0.1) is 5.69 Å². The summed E-state index contributed by atoms with van der Waals surface area (Å²) in [6.45, 7) is 11.9. The lowest BCUT2D eigenvalue weighted by Crippen LogP contribution is -2.41. The minimum absolute atomic E-state index is 0.723. The number of aromatic nitrogens is 2. The standard InChI is InChI=1S/C20H32N6/c1-7-26(19-11-9-8-10-15(19)2)13-12-22-20(21-5)23-14-18-16(3)24-25(6)17(18)4/h8-11H,7,12-14H2,1-6H3,(H2,21,22,23). The van der Waals surface area contributed by atoms with E-state index >= 15 is 0 Å². The molecule has 0 aliphatic carbocycles. The lowest BCUT2D eigenvalue weighted by Gasteiger charge is -2.25. The molecule has 142 valence electrons. The van der Waals surface area contributed by atoms with Gasteiger partial charge in [-0.3, -0.25) is 9.67 Å². The minimum atomic E-state index is 0.723. The van der Waals surface area contributed by atoms with E-state index < -0.39 is 0 Å². The van der Waals surface area contributed by atoms with Gasteiger partial charge < -0.3 is 15.5 Å². The maximum atomic E-state index is 4.46. The Kier molecular flexibility index (Phi) is 7.06. The number of hydrogen-bond donors (Lipinski definition) is 2. The smallest absolute Gasteiger partial charge is 0.191 e. The Balaban J connectivity index is 1.87. The van der Waals surface area contributed by atoms with E-state index in [2.05, 4.69) is 70.7 Å². The van der Waals surface area contributed by atoms with Gasteiger partial charge >= 0.3 is 0 Å². The van der Waals surface area contributed by atoms with Crippen LogP contribution < -0.4 is 15.5 Å². The van der Waals surface area contributed by atoms with Crippen LogP contribution in [0.3, 0.4) is 0 Å². The summed E-state index contributed by atoms with van der Waals surface area (Å²) in [4.78, 5) is 6.71. The Morgan fingerprint density at radius 2 is 1.92 bits per heavy atom. The molecule has 2 aromatic rings. The van der Waals surface area contributed by atoms with Gasteiger partial charge in [-0.15, -0.1) is 0 Å². The van der Waals surface area contributed by atoms with Gasteiger partial charge in [0.1, 0.15) is 0 Å². The zero-order valence-corrected chi connectivity index (χ0v) is 16.9. The molecule has 0 atom stereocenters. The van der Waals surface area contributed by atoms with Crippen LogP contribution in [0.5, 0.6) is 0 Å². The zero-order chi connectivity index (χ0) is 19.1. The van der Waals surface area contributed by atoms with E-state index in [9.17, 15) is 0 Å². The maximum absolute atomic E-state index is 4.46. The molecule has 0 amide bonds. The molecule has 2 N–H and O–H groups in total. The molecule has 0 saturated heterocycles. The molecular weight excluding hydrogens is 324 g/mol. The van der Waals surface area contributed by atoms with Gasteiger partial charge in [-0.25, -0.2) is 0 Å². The first-order chi connectivity index (χ1) is 12.5. The fourth-order valence-corrected chi connectivity index (χ4v) is 3.14. The summed E-state index contributed by atoms with van der Waals surface area (Å²) in [5.74, 6) is 0.813. The summed E-state index contributed by atoms with van der Waals surface area (Å²) in [5.41, 5.74) is 6.07. The first kappa shape index (κ1) is 19.8. The summed E-state index contributed by atoms with van der Waals surface area (Å²) < 4.78 is 1.92. The SMILES string of the molecule is CCN(CCNC(=NC)NCc1c(C)nn(C)c1C)c1ccccc1C. The maximum Gasteiger partial charge on any atom is 0.191 e. The summed E-state index contributed by atoms with van der Waals surface area (Å²) in [5, 5.41) is 11.3. The Morgan fingerprint density at radius 1 is 1.19 bits per heavy atom. The molecule has 0 saturated carbocycles.